The highest BCUT2D eigenvalue weighted by Crippen LogP contribution is 2.24. The Balaban J connectivity index is 4.41. The Labute approximate surface area is 115 Å². The van der Waals surface area contributed by atoms with Crippen LogP contribution >= 0.6 is 0 Å². The molecule has 0 saturated carbocycles. The second kappa shape index (κ2) is 12.1. The minimum Gasteiger partial charge on any atom is -0.394 e. The van der Waals surface area contributed by atoms with Crippen LogP contribution in [0.2, 0.25) is 12.1 Å². The summed E-state index contributed by atoms with van der Waals surface area (Å²) in [4.78, 5) is 0. The molecular formula is C14H33NO2Si. The smallest absolute Gasteiger partial charge is 0.338 e. The molecule has 0 aliphatic carbocycles. The molecule has 0 spiro atoms. The zero-order chi connectivity index (χ0) is 13.7. The molecule has 0 amide bonds. The highest BCUT2D eigenvalue weighted by molar-refractivity contribution is 6.67. The Hall–Kier alpha value is 0.0969. The van der Waals surface area contributed by atoms with Crippen molar-refractivity contribution in [1.29, 1.82) is 0 Å². The van der Waals surface area contributed by atoms with Crippen molar-refractivity contribution in [3.8, 4) is 0 Å². The van der Waals surface area contributed by atoms with E-state index in [-0.39, 0.29) is 0 Å². The van der Waals surface area contributed by atoms with Crippen LogP contribution in [-0.4, -0.2) is 35.4 Å². The molecule has 0 aromatic rings. The van der Waals surface area contributed by atoms with Crippen LogP contribution in [0.3, 0.4) is 0 Å². The molecule has 18 heavy (non-hydrogen) atoms. The van der Waals surface area contributed by atoms with Crippen LogP contribution in [0, 0.1) is 0 Å². The monoisotopic (exact) mass is 275 g/mol. The predicted molar refractivity (Wildman–Crippen MR) is 81.3 cm³/mol. The molecule has 0 heterocycles. The summed E-state index contributed by atoms with van der Waals surface area (Å²) in [6.45, 7) is 9.37. The van der Waals surface area contributed by atoms with Crippen molar-refractivity contribution in [3.05, 3.63) is 0 Å². The standard InChI is InChI=1S/C14H33NO2Si/c1-5-8-13-18(16-11-6-2,17-12-7-3)14-9-10-15-4/h15H,5-14H2,1-4H3. The molecule has 110 valence electrons. The molecule has 0 fully saturated rings. The molecule has 3 nitrogen and oxygen atoms in total. The van der Waals surface area contributed by atoms with Gasteiger partial charge >= 0.3 is 8.56 Å². The summed E-state index contributed by atoms with van der Waals surface area (Å²) in [6.07, 6.45) is 5.80. The maximum Gasteiger partial charge on any atom is 0.338 e. The van der Waals surface area contributed by atoms with Crippen LogP contribution in [0.1, 0.15) is 52.9 Å². The fraction of sp³-hybridized carbons (Fsp3) is 1.00. The van der Waals surface area contributed by atoms with Crippen molar-refractivity contribution in [1.82, 2.24) is 5.32 Å². The van der Waals surface area contributed by atoms with Gasteiger partial charge in [0, 0.05) is 13.2 Å². The van der Waals surface area contributed by atoms with E-state index in [0.29, 0.717) is 0 Å². The van der Waals surface area contributed by atoms with Gasteiger partial charge in [-0.3, -0.25) is 0 Å². The van der Waals surface area contributed by atoms with Gasteiger partial charge in [-0.25, -0.2) is 0 Å². The van der Waals surface area contributed by atoms with E-state index in [1.165, 1.54) is 19.3 Å². The lowest BCUT2D eigenvalue weighted by atomic mass is 10.4. The van der Waals surface area contributed by atoms with Gasteiger partial charge in [0.05, 0.1) is 0 Å². The molecule has 0 saturated heterocycles. The number of hydrogen-bond donors (Lipinski definition) is 1. The lowest BCUT2D eigenvalue weighted by Crippen LogP contribution is -2.43. The third-order valence-corrected chi connectivity index (χ3v) is 6.73. The molecule has 0 rings (SSSR count). The molecule has 1 N–H and O–H groups in total. The van der Waals surface area contributed by atoms with E-state index < -0.39 is 8.56 Å². The second-order valence-electron chi connectivity index (χ2n) is 4.92. The SMILES string of the molecule is CCCC[Si](CCCNC)(OCCC)OCCC. The molecule has 0 aromatic heterocycles. The first-order valence-electron chi connectivity index (χ1n) is 7.67. The summed E-state index contributed by atoms with van der Waals surface area (Å²) in [5.74, 6) is 0. The van der Waals surface area contributed by atoms with Gasteiger partial charge in [0.15, 0.2) is 0 Å². The van der Waals surface area contributed by atoms with E-state index in [4.69, 9.17) is 8.85 Å². The van der Waals surface area contributed by atoms with Crippen molar-refractivity contribution in [3.63, 3.8) is 0 Å². The van der Waals surface area contributed by atoms with Crippen LogP contribution in [0.15, 0.2) is 0 Å². The summed E-state index contributed by atoms with van der Waals surface area (Å²) in [5, 5.41) is 3.22. The number of hydrogen-bond acceptors (Lipinski definition) is 3. The first kappa shape index (κ1) is 18.1. The molecular weight excluding hydrogens is 242 g/mol. The average molecular weight is 276 g/mol. The lowest BCUT2D eigenvalue weighted by Gasteiger charge is -2.31. The molecule has 0 aromatic carbocycles. The summed E-state index contributed by atoms with van der Waals surface area (Å²) in [7, 11) is 0.0733. The van der Waals surface area contributed by atoms with Gasteiger partial charge in [-0.05, 0) is 44.9 Å². The number of unbranched alkanes of at least 4 members (excludes halogenated alkanes) is 1. The van der Waals surface area contributed by atoms with Gasteiger partial charge < -0.3 is 14.2 Å². The van der Waals surface area contributed by atoms with E-state index in [9.17, 15) is 0 Å². The molecule has 0 atom stereocenters. The number of rotatable bonds is 13. The van der Waals surface area contributed by atoms with Crippen molar-refractivity contribution >= 4 is 8.56 Å². The number of nitrogens with one attached hydrogen (secondary N) is 1. The summed E-state index contributed by atoms with van der Waals surface area (Å²) in [5.41, 5.74) is 0. The van der Waals surface area contributed by atoms with E-state index >= 15 is 0 Å². The van der Waals surface area contributed by atoms with Crippen LogP contribution in [0.5, 0.6) is 0 Å². The maximum absolute atomic E-state index is 6.22. The third kappa shape index (κ3) is 8.24. The maximum atomic E-state index is 6.22. The minimum atomic E-state index is -1.94. The van der Waals surface area contributed by atoms with Crippen LogP contribution in [-0.2, 0) is 8.85 Å². The van der Waals surface area contributed by atoms with Gasteiger partial charge in [-0.2, -0.15) is 0 Å². The van der Waals surface area contributed by atoms with Crippen molar-refractivity contribution in [2.75, 3.05) is 26.8 Å². The van der Waals surface area contributed by atoms with Crippen LogP contribution < -0.4 is 5.32 Å². The molecule has 0 radical (unpaired) electrons. The van der Waals surface area contributed by atoms with E-state index in [2.05, 4.69) is 26.1 Å². The Morgan fingerprint density at radius 2 is 1.39 bits per heavy atom. The Kier molecular flexibility index (Phi) is 12.2. The second-order valence-corrected chi connectivity index (χ2v) is 8.32. The molecule has 4 heteroatoms. The molecule has 0 aliphatic rings. The zero-order valence-electron chi connectivity index (χ0n) is 12.9. The van der Waals surface area contributed by atoms with Gasteiger partial charge in [0.25, 0.3) is 0 Å². The molecule has 0 bridgehead atoms. The first-order chi connectivity index (χ1) is 8.74. The normalized spacial score (nSPS) is 12.0. The first-order valence-corrected chi connectivity index (χ1v) is 9.90. The predicted octanol–water partition coefficient (Wildman–Crippen LogP) is 3.69. The quantitative estimate of drug-likeness (QED) is 0.411. The minimum absolute atomic E-state index is 0.860. The average Bonchev–Trinajstić information content (AvgIpc) is 2.40. The topological polar surface area (TPSA) is 30.5 Å². The lowest BCUT2D eigenvalue weighted by molar-refractivity contribution is 0.165. The van der Waals surface area contributed by atoms with Crippen molar-refractivity contribution in [2.24, 2.45) is 0 Å². The fourth-order valence-corrected chi connectivity index (χ4v) is 5.68. The highest BCUT2D eigenvalue weighted by Gasteiger charge is 2.35. The summed E-state index contributed by atoms with van der Waals surface area (Å²) < 4.78 is 12.4. The molecule has 0 aliphatic heterocycles. The summed E-state index contributed by atoms with van der Waals surface area (Å²) in [6, 6.07) is 2.29. The zero-order valence-corrected chi connectivity index (χ0v) is 13.9. The largest absolute Gasteiger partial charge is 0.394 e. The van der Waals surface area contributed by atoms with E-state index in [1.807, 2.05) is 7.05 Å². The Morgan fingerprint density at radius 1 is 0.833 bits per heavy atom. The van der Waals surface area contributed by atoms with Gasteiger partial charge in [0.2, 0.25) is 0 Å². The van der Waals surface area contributed by atoms with Gasteiger partial charge in [-0.1, -0.05) is 33.6 Å². The Bertz CT molecular complexity index is 157. The fourth-order valence-electron chi connectivity index (χ4n) is 2.01. The summed E-state index contributed by atoms with van der Waals surface area (Å²) >= 11 is 0. The highest BCUT2D eigenvalue weighted by atomic mass is 28.4. The molecule has 0 unspecified atom stereocenters. The van der Waals surface area contributed by atoms with Gasteiger partial charge in [-0.15, -0.1) is 0 Å². The van der Waals surface area contributed by atoms with Crippen molar-refractivity contribution < 1.29 is 8.85 Å². The van der Waals surface area contributed by atoms with E-state index in [1.54, 1.807) is 0 Å². The Morgan fingerprint density at radius 3 is 1.83 bits per heavy atom. The van der Waals surface area contributed by atoms with Gasteiger partial charge in [0.1, 0.15) is 0 Å². The van der Waals surface area contributed by atoms with Crippen molar-refractivity contribution in [2.45, 2.75) is 65.0 Å². The van der Waals surface area contributed by atoms with Crippen LogP contribution in [0.25, 0.3) is 0 Å². The van der Waals surface area contributed by atoms with E-state index in [0.717, 1.165) is 44.7 Å². The third-order valence-electron chi connectivity index (χ3n) is 3.03. The van der Waals surface area contributed by atoms with Crippen LogP contribution in [0.4, 0.5) is 0 Å².